The van der Waals surface area contributed by atoms with Crippen LogP contribution in [0.5, 0.6) is 0 Å². The van der Waals surface area contributed by atoms with Gasteiger partial charge >= 0.3 is 0 Å². The first kappa shape index (κ1) is 20.8. The van der Waals surface area contributed by atoms with Crippen molar-refractivity contribution in [3.05, 3.63) is 67.1 Å². The summed E-state index contributed by atoms with van der Waals surface area (Å²) in [5.41, 5.74) is 7.95. The van der Waals surface area contributed by atoms with Crippen LogP contribution in [-0.4, -0.2) is 16.6 Å². The van der Waals surface area contributed by atoms with Crippen LogP contribution in [0.3, 0.4) is 0 Å². The number of hydrogen-bond donors (Lipinski definition) is 2. The van der Waals surface area contributed by atoms with Crippen LogP contribution in [0, 0.1) is 0 Å². The summed E-state index contributed by atoms with van der Waals surface area (Å²) in [5, 5.41) is 0. The Morgan fingerprint density at radius 2 is 1.48 bits per heavy atom. The van der Waals surface area contributed by atoms with E-state index in [0.29, 0.717) is 6.42 Å². The molecule has 2 N–H and O–H groups in total. The summed E-state index contributed by atoms with van der Waals surface area (Å²) >= 11 is 4.07. The molecule has 0 bridgehead atoms. The van der Waals surface area contributed by atoms with Crippen LogP contribution in [0.2, 0.25) is 0 Å². The van der Waals surface area contributed by atoms with E-state index in [-0.39, 0.29) is 5.91 Å². The molecule has 0 spiro atoms. The van der Waals surface area contributed by atoms with Gasteiger partial charge in [0, 0.05) is 17.5 Å². The summed E-state index contributed by atoms with van der Waals surface area (Å²) in [5.74, 6) is 1.57. The molecular formula is C22H26N2O2S. The van der Waals surface area contributed by atoms with Crippen molar-refractivity contribution in [2.24, 2.45) is 5.73 Å². The fourth-order valence-corrected chi connectivity index (χ4v) is 2.83. The summed E-state index contributed by atoms with van der Waals surface area (Å²) < 4.78 is 5.49. The zero-order valence-electron chi connectivity index (χ0n) is 15.4. The number of carbonyl (C=O) groups is 1. The second-order valence-electron chi connectivity index (χ2n) is 6.12. The van der Waals surface area contributed by atoms with Crippen molar-refractivity contribution in [2.75, 3.05) is 5.75 Å². The van der Waals surface area contributed by atoms with Gasteiger partial charge in [-0.1, -0.05) is 73.5 Å². The standard InChI is InChI=1S/C15H11NO.C7H15NOS/c1-3-7-12(8-4-1)14-15(17-11-16-14)13-9-5-2-6-10-13;8-7(9)5-3-1-2-4-6-10/h1-11H;10H,1-6H2,(H2,8,9). The van der Waals surface area contributed by atoms with Crippen LogP contribution in [-0.2, 0) is 4.79 Å². The highest BCUT2D eigenvalue weighted by atomic mass is 32.1. The first-order chi connectivity index (χ1) is 13.2. The molecule has 2 aromatic carbocycles. The summed E-state index contributed by atoms with van der Waals surface area (Å²) in [6.07, 6.45) is 6.36. The molecule has 3 aromatic rings. The quantitative estimate of drug-likeness (QED) is 0.407. The number of oxazole rings is 1. The van der Waals surface area contributed by atoms with Gasteiger partial charge in [-0.25, -0.2) is 4.98 Å². The number of nitrogens with two attached hydrogens (primary N) is 1. The number of unbranched alkanes of at least 4 members (excludes halogenated alkanes) is 3. The molecule has 0 aliphatic rings. The maximum atomic E-state index is 10.2. The van der Waals surface area contributed by atoms with Gasteiger partial charge in [0.15, 0.2) is 12.2 Å². The second-order valence-corrected chi connectivity index (χ2v) is 6.56. The number of amides is 1. The number of aromatic nitrogens is 1. The Morgan fingerprint density at radius 1 is 0.889 bits per heavy atom. The topological polar surface area (TPSA) is 69.1 Å². The van der Waals surface area contributed by atoms with Gasteiger partial charge in [0.1, 0.15) is 5.69 Å². The average molecular weight is 383 g/mol. The number of hydrogen-bond acceptors (Lipinski definition) is 4. The number of benzene rings is 2. The molecule has 0 unspecified atom stereocenters. The van der Waals surface area contributed by atoms with Crippen molar-refractivity contribution >= 4 is 18.5 Å². The van der Waals surface area contributed by atoms with E-state index in [0.717, 1.165) is 54.0 Å². The lowest BCUT2D eigenvalue weighted by atomic mass is 10.1. The Bertz CT molecular complexity index is 734. The van der Waals surface area contributed by atoms with Gasteiger partial charge in [0.05, 0.1) is 0 Å². The van der Waals surface area contributed by atoms with Gasteiger partial charge < -0.3 is 10.2 Å². The maximum Gasteiger partial charge on any atom is 0.217 e. The van der Waals surface area contributed by atoms with Gasteiger partial charge in [0.25, 0.3) is 0 Å². The third kappa shape index (κ3) is 7.31. The molecule has 0 radical (unpaired) electrons. The minimum Gasteiger partial charge on any atom is -0.443 e. The molecule has 0 saturated carbocycles. The third-order valence-electron chi connectivity index (χ3n) is 3.98. The van der Waals surface area contributed by atoms with E-state index in [1.54, 1.807) is 0 Å². The Morgan fingerprint density at radius 3 is 2.07 bits per heavy atom. The van der Waals surface area contributed by atoms with Crippen molar-refractivity contribution in [1.29, 1.82) is 0 Å². The van der Waals surface area contributed by atoms with Gasteiger partial charge in [-0.15, -0.1) is 0 Å². The molecule has 0 saturated heterocycles. The smallest absolute Gasteiger partial charge is 0.217 e. The number of rotatable bonds is 8. The molecule has 0 aliphatic heterocycles. The van der Waals surface area contributed by atoms with Crippen LogP contribution in [0.4, 0.5) is 0 Å². The molecule has 3 rings (SSSR count). The monoisotopic (exact) mass is 382 g/mol. The van der Waals surface area contributed by atoms with E-state index < -0.39 is 0 Å². The zero-order chi connectivity index (χ0) is 19.3. The second kappa shape index (κ2) is 12.0. The van der Waals surface area contributed by atoms with E-state index in [2.05, 4.69) is 17.6 Å². The summed E-state index contributed by atoms with van der Waals surface area (Å²) in [6, 6.07) is 20.1. The largest absolute Gasteiger partial charge is 0.443 e. The molecule has 0 aliphatic carbocycles. The van der Waals surface area contributed by atoms with Crippen molar-refractivity contribution in [3.8, 4) is 22.6 Å². The molecule has 0 atom stereocenters. The highest BCUT2D eigenvalue weighted by Crippen LogP contribution is 2.30. The molecule has 27 heavy (non-hydrogen) atoms. The lowest BCUT2D eigenvalue weighted by Crippen LogP contribution is -2.09. The molecule has 142 valence electrons. The number of primary amides is 1. The van der Waals surface area contributed by atoms with Crippen LogP contribution in [0.15, 0.2) is 71.5 Å². The molecule has 1 heterocycles. The SMILES string of the molecule is NC(=O)CCCCCCS.c1ccc(-c2ncoc2-c2ccccc2)cc1. The average Bonchev–Trinajstić information content (AvgIpc) is 3.19. The van der Waals surface area contributed by atoms with Crippen LogP contribution >= 0.6 is 12.6 Å². The van der Waals surface area contributed by atoms with E-state index in [4.69, 9.17) is 10.2 Å². The minimum atomic E-state index is -0.189. The van der Waals surface area contributed by atoms with E-state index in [1.807, 2.05) is 60.7 Å². The fraction of sp³-hybridized carbons (Fsp3) is 0.273. The molecule has 4 nitrogen and oxygen atoms in total. The van der Waals surface area contributed by atoms with Crippen LogP contribution in [0.1, 0.15) is 32.1 Å². The van der Waals surface area contributed by atoms with Crippen molar-refractivity contribution in [2.45, 2.75) is 32.1 Å². The molecule has 0 fully saturated rings. The predicted molar refractivity (Wildman–Crippen MR) is 114 cm³/mol. The minimum absolute atomic E-state index is 0.189. The number of nitrogens with zero attached hydrogens (tertiary/aromatic N) is 1. The third-order valence-corrected chi connectivity index (χ3v) is 4.30. The zero-order valence-corrected chi connectivity index (χ0v) is 16.3. The first-order valence-electron chi connectivity index (χ1n) is 9.16. The molecule has 1 amide bonds. The van der Waals surface area contributed by atoms with Gasteiger partial charge in [0.2, 0.25) is 5.91 Å². The Hall–Kier alpha value is -2.53. The van der Waals surface area contributed by atoms with Gasteiger partial charge in [-0.05, 0) is 18.6 Å². The van der Waals surface area contributed by atoms with E-state index >= 15 is 0 Å². The fourth-order valence-electron chi connectivity index (χ4n) is 2.61. The highest BCUT2D eigenvalue weighted by Gasteiger charge is 2.11. The summed E-state index contributed by atoms with van der Waals surface area (Å²) in [7, 11) is 0. The van der Waals surface area contributed by atoms with Crippen LogP contribution in [0.25, 0.3) is 22.6 Å². The van der Waals surface area contributed by atoms with Crippen molar-refractivity contribution in [1.82, 2.24) is 4.98 Å². The summed E-state index contributed by atoms with van der Waals surface area (Å²) in [4.78, 5) is 14.5. The Labute approximate surface area is 166 Å². The maximum absolute atomic E-state index is 10.2. The Kier molecular flexibility index (Phi) is 9.21. The van der Waals surface area contributed by atoms with E-state index in [9.17, 15) is 4.79 Å². The number of carbonyl (C=O) groups excluding carboxylic acids is 1. The van der Waals surface area contributed by atoms with Crippen molar-refractivity contribution in [3.63, 3.8) is 0 Å². The normalized spacial score (nSPS) is 10.1. The Balaban J connectivity index is 0.000000227. The lowest BCUT2D eigenvalue weighted by Gasteiger charge is -2.00. The van der Waals surface area contributed by atoms with Gasteiger partial charge in [-0.2, -0.15) is 12.6 Å². The highest BCUT2D eigenvalue weighted by molar-refractivity contribution is 7.80. The van der Waals surface area contributed by atoms with E-state index in [1.165, 1.54) is 6.39 Å². The predicted octanol–water partition coefficient (Wildman–Crippen LogP) is 5.36. The lowest BCUT2D eigenvalue weighted by molar-refractivity contribution is -0.118. The first-order valence-corrected chi connectivity index (χ1v) is 9.79. The number of thiol groups is 1. The van der Waals surface area contributed by atoms with Gasteiger partial charge in [-0.3, -0.25) is 4.79 Å². The molecule has 1 aromatic heterocycles. The van der Waals surface area contributed by atoms with Crippen LogP contribution < -0.4 is 5.73 Å². The van der Waals surface area contributed by atoms with Crippen molar-refractivity contribution < 1.29 is 9.21 Å². The molecule has 5 heteroatoms. The molecular weight excluding hydrogens is 356 g/mol. The summed E-state index contributed by atoms with van der Waals surface area (Å²) in [6.45, 7) is 0.